The summed E-state index contributed by atoms with van der Waals surface area (Å²) in [6.45, 7) is 5.25. The van der Waals surface area contributed by atoms with Gasteiger partial charge in [0.15, 0.2) is 0 Å². The standard InChI is InChI=1S/C14H23N3O/c1-14(2)7-5-12(6-8-14)18-10-11-4-3-9-16-13(11)17-15/h3-4,9,12H,5-8,10,15H2,1-2H3,(H,16,17). The fraction of sp³-hybridized carbons (Fsp3) is 0.643. The van der Waals surface area contributed by atoms with Gasteiger partial charge in [-0.25, -0.2) is 10.8 Å². The van der Waals surface area contributed by atoms with Crippen LogP contribution in [0.5, 0.6) is 0 Å². The van der Waals surface area contributed by atoms with Crippen LogP contribution >= 0.6 is 0 Å². The largest absolute Gasteiger partial charge is 0.373 e. The lowest BCUT2D eigenvalue weighted by Crippen LogP contribution is -2.26. The van der Waals surface area contributed by atoms with Crippen LogP contribution in [0, 0.1) is 5.41 Å². The average molecular weight is 249 g/mol. The Hall–Kier alpha value is -1.13. The van der Waals surface area contributed by atoms with Crippen LogP contribution in [0.25, 0.3) is 0 Å². The molecule has 4 heteroatoms. The number of nitrogens with two attached hydrogens (primary N) is 1. The van der Waals surface area contributed by atoms with Gasteiger partial charge < -0.3 is 10.2 Å². The summed E-state index contributed by atoms with van der Waals surface area (Å²) in [5, 5.41) is 0. The number of nitrogen functional groups attached to an aromatic ring is 1. The molecule has 0 aromatic carbocycles. The molecule has 0 unspecified atom stereocenters. The van der Waals surface area contributed by atoms with E-state index in [1.807, 2.05) is 12.1 Å². The molecule has 0 atom stereocenters. The number of nitrogens with zero attached hydrogens (tertiary/aromatic N) is 1. The molecule has 4 nitrogen and oxygen atoms in total. The van der Waals surface area contributed by atoms with Crippen molar-refractivity contribution in [2.75, 3.05) is 5.43 Å². The Bertz CT molecular complexity index is 382. The molecule has 1 heterocycles. The monoisotopic (exact) mass is 249 g/mol. The molecule has 1 aromatic heterocycles. The third-order valence-corrected chi connectivity index (χ3v) is 3.79. The van der Waals surface area contributed by atoms with Gasteiger partial charge in [0.2, 0.25) is 0 Å². The minimum atomic E-state index is 0.379. The van der Waals surface area contributed by atoms with Crippen molar-refractivity contribution < 1.29 is 4.74 Å². The van der Waals surface area contributed by atoms with Crippen LogP contribution < -0.4 is 11.3 Å². The Labute approximate surface area is 109 Å². The first-order valence-corrected chi connectivity index (χ1v) is 6.63. The van der Waals surface area contributed by atoms with E-state index < -0.39 is 0 Å². The smallest absolute Gasteiger partial charge is 0.145 e. The van der Waals surface area contributed by atoms with Gasteiger partial charge in [0.1, 0.15) is 5.82 Å². The molecule has 3 N–H and O–H groups in total. The average Bonchev–Trinajstić information content (AvgIpc) is 2.38. The summed E-state index contributed by atoms with van der Waals surface area (Å²) in [6, 6.07) is 3.90. The molecule has 0 radical (unpaired) electrons. The van der Waals surface area contributed by atoms with Crippen molar-refractivity contribution in [3.8, 4) is 0 Å². The number of ether oxygens (including phenoxy) is 1. The van der Waals surface area contributed by atoms with E-state index in [-0.39, 0.29) is 0 Å². The quantitative estimate of drug-likeness (QED) is 0.636. The number of anilines is 1. The number of hydrogen-bond donors (Lipinski definition) is 2. The molecule has 0 bridgehead atoms. The molecule has 1 fully saturated rings. The molecule has 1 saturated carbocycles. The summed E-state index contributed by atoms with van der Waals surface area (Å²) in [7, 11) is 0. The van der Waals surface area contributed by atoms with Crippen molar-refractivity contribution in [1.82, 2.24) is 4.98 Å². The van der Waals surface area contributed by atoms with E-state index in [1.165, 1.54) is 12.8 Å². The molecule has 1 aromatic rings. The number of hydrogen-bond acceptors (Lipinski definition) is 4. The van der Waals surface area contributed by atoms with Gasteiger partial charge in [0, 0.05) is 11.8 Å². The first-order valence-electron chi connectivity index (χ1n) is 6.63. The Kier molecular flexibility index (Phi) is 4.19. The van der Waals surface area contributed by atoms with Crippen LogP contribution in [0.3, 0.4) is 0 Å². The molecule has 18 heavy (non-hydrogen) atoms. The highest BCUT2D eigenvalue weighted by Gasteiger charge is 2.27. The lowest BCUT2D eigenvalue weighted by atomic mass is 9.76. The SMILES string of the molecule is CC1(C)CCC(OCc2cccnc2NN)CC1. The second kappa shape index (κ2) is 5.67. The van der Waals surface area contributed by atoms with Gasteiger partial charge in [-0.15, -0.1) is 0 Å². The number of rotatable bonds is 4. The highest BCUT2D eigenvalue weighted by atomic mass is 16.5. The summed E-state index contributed by atoms with van der Waals surface area (Å²) in [5.41, 5.74) is 4.11. The summed E-state index contributed by atoms with van der Waals surface area (Å²) >= 11 is 0. The molecule has 1 aliphatic rings. The fourth-order valence-corrected chi connectivity index (χ4v) is 2.43. The second-order valence-electron chi connectivity index (χ2n) is 5.83. The van der Waals surface area contributed by atoms with Crippen LogP contribution in [0.2, 0.25) is 0 Å². The lowest BCUT2D eigenvalue weighted by molar-refractivity contribution is -0.00546. The topological polar surface area (TPSA) is 60.2 Å². The summed E-state index contributed by atoms with van der Waals surface area (Å²) in [5.74, 6) is 6.13. The molecule has 2 rings (SSSR count). The summed E-state index contributed by atoms with van der Waals surface area (Å²) < 4.78 is 5.97. The maximum atomic E-state index is 5.97. The van der Waals surface area contributed by atoms with E-state index >= 15 is 0 Å². The number of nitrogens with one attached hydrogen (secondary N) is 1. The maximum absolute atomic E-state index is 5.97. The molecule has 1 aliphatic carbocycles. The highest BCUT2D eigenvalue weighted by Crippen LogP contribution is 2.36. The van der Waals surface area contributed by atoms with Crippen LogP contribution in [-0.2, 0) is 11.3 Å². The highest BCUT2D eigenvalue weighted by molar-refractivity contribution is 5.41. The Morgan fingerprint density at radius 3 is 2.83 bits per heavy atom. The van der Waals surface area contributed by atoms with E-state index in [2.05, 4.69) is 24.3 Å². The number of hydrazine groups is 1. The Balaban J connectivity index is 1.85. The Morgan fingerprint density at radius 1 is 1.44 bits per heavy atom. The third kappa shape index (κ3) is 3.43. The van der Waals surface area contributed by atoms with Gasteiger partial charge in [-0.2, -0.15) is 0 Å². The number of pyridine rings is 1. The van der Waals surface area contributed by atoms with E-state index in [1.54, 1.807) is 6.20 Å². The van der Waals surface area contributed by atoms with Crippen LogP contribution in [0.15, 0.2) is 18.3 Å². The van der Waals surface area contributed by atoms with Gasteiger partial charge in [-0.3, -0.25) is 0 Å². The van der Waals surface area contributed by atoms with Crippen molar-refractivity contribution in [3.63, 3.8) is 0 Å². The van der Waals surface area contributed by atoms with Crippen LogP contribution in [-0.4, -0.2) is 11.1 Å². The number of aromatic nitrogens is 1. The molecule has 0 spiro atoms. The van der Waals surface area contributed by atoms with E-state index in [0.717, 1.165) is 18.4 Å². The first kappa shape index (κ1) is 13.3. The predicted octanol–water partition coefficient (Wildman–Crippen LogP) is 2.85. The minimum Gasteiger partial charge on any atom is -0.373 e. The van der Waals surface area contributed by atoms with Gasteiger partial charge >= 0.3 is 0 Å². The van der Waals surface area contributed by atoms with E-state index in [9.17, 15) is 0 Å². The van der Waals surface area contributed by atoms with Crippen molar-refractivity contribution in [3.05, 3.63) is 23.9 Å². The van der Waals surface area contributed by atoms with Gasteiger partial charge in [0.05, 0.1) is 12.7 Å². The molecule has 0 saturated heterocycles. The van der Waals surface area contributed by atoms with E-state index in [4.69, 9.17) is 10.6 Å². The molecular weight excluding hydrogens is 226 g/mol. The predicted molar refractivity (Wildman–Crippen MR) is 72.9 cm³/mol. The maximum Gasteiger partial charge on any atom is 0.145 e. The van der Waals surface area contributed by atoms with Crippen molar-refractivity contribution in [1.29, 1.82) is 0 Å². The third-order valence-electron chi connectivity index (χ3n) is 3.79. The zero-order valence-electron chi connectivity index (χ0n) is 11.3. The fourth-order valence-electron chi connectivity index (χ4n) is 2.43. The zero-order chi connectivity index (χ0) is 13.0. The first-order chi connectivity index (χ1) is 8.61. The lowest BCUT2D eigenvalue weighted by Gasteiger charge is -2.34. The second-order valence-corrected chi connectivity index (χ2v) is 5.83. The summed E-state index contributed by atoms with van der Waals surface area (Å²) in [4.78, 5) is 4.17. The normalized spacial score (nSPS) is 19.7. The zero-order valence-corrected chi connectivity index (χ0v) is 11.3. The molecule has 100 valence electrons. The van der Waals surface area contributed by atoms with Gasteiger partial charge in [0.25, 0.3) is 0 Å². The minimum absolute atomic E-state index is 0.379. The van der Waals surface area contributed by atoms with Crippen LogP contribution in [0.4, 0.5) is 5.82 Å². The Morgan fingerprint density at radius 2 is 2.17 bits per heavy atom. The van der Waals surface area contributed by atoms with Gasteiger partial charge in [-0.1, -0.05) is 19.9 Å². The van der Waals surface area contributed by atoms with Crippen molar-refractivity contribution >= 4 is 5.82 Å². The van der Waals surface area contributed by atoms with E-state index in [0.29, 0.717) is 23.9 Å². The molecular formula is C14H23N3O. The van der Waals surface area contributed by atoms with Crippen LogP contribution in [0.1, 0.15) is 45.1 Å². The van der Waals surface area contributed by atoms with Crippen molar-refractivity contribution in [2.45, 2.75) is 52.2 Å². The summed E-state index contributed by atoms with van der Waals surface area (Å²) in [6.07, 6.45) is 6.89. The van der Waals surface area contributed by atoms with Gasteiger partial charge in [-0.05, 0) is 37.2 Å². The molecule has 0 amide bonds. The molecule has 0 aliphatic heterocycles. The van der Waals surface area contributed by atoms with Crippen molar-refractivity contribution in [2.24, 2.45) is 11.3 Å².